The van der Waals surface area contributed by atoms with E-state index < -0.39 is 0 Å². The van der Waals surface area contributed by atoms with Gasteiger partial charge in [-0.15, -0.1) is 0 Å². The van der Waals surface area contributed by atoms with Gasteiger partial charge in [0.25, 0.3) is 0 Å². The smallest absolute Gasteiger partial charge is 0.226 e. The van der Waals surface area contributed by atoms with E-state index >= 15 is 0 Å². The summed E-state index contributed by atoms with van der Waals surface area (Å²) in [7, 11) is 0. The average Bonchev–Trinajstić information content (AvgIpc) is 3.13. The first-order valence-electron chi connectivity index (χ1n) is 8.93. The van der Waals surface area contributed by atoms with Gasteiger partial charge in [-0.3, -0.25) is 4.79 Å². The minimum absolute atomic E-state index is 0.0839. The van der Waals surface area contributed by atoms with Crippen molar-refractivity contribution in [1.29, 1.82) is 0 Å². The monoisotopic (exact) mass is 328 g/mol. The van der Waals surface area contributed by atoms with Crippen LogP contribution in [0.4, 0.5) is 0 Å². The largest absolute Gasteiger partial charge is 0.355 e. The first kappa shape index (κ1) is 17.0. The number of aryl methyl sites for hydroxylation is 1. The Hall–Kier alpha value is -1.88. The van der Waals surface area contributed by atoms with Crippen LogP contribution in [0.25, 0.3) is 5.65 Å². The van der Waals surface area contributed by atoms with Crippen molar-refractivity contribution in [2.75, 3.05) is 26.2 Å². The second-order valence-electron chi connectivity index (χ2n) is 7.42. The van der Waals surface area contributed by atoms with Gasteiger partial charge >= 0.3 is 0 Å². The van der Waals surface area contributed by atoms with Gasteiger partial charge < -0.3 is 14.6 Å². The predicted octanol–water partition coefficient (Wildman–Crippen LogP) is 2.28. The Labute approximate surface area is 144 Å². The zero-order chi connectivity index (χ0) is 17.1. The summed E-state index contributed by atoms with van der Waals surface area (Å²) in [5.41, 5.74) is 3.00. The van der Waals surface area contributed by atoms with Gasteiger partial charge in [0.2, 0.25) is 5.91 Å². The zero-order valence-corrected chi connectivity index (χ0v) is 15.0. The van der Waals surface area contributed by atoms with Crippen molar-refractivity contribution in [3.8, 4) is 0 Å². The Morgan fingerprint density at radius 3 is 3.08 bits per heavy atom. The number of carbonyl (C=O) groups is 1. The summed E-state index contributed by atoms with van der Waals surface area (Å²) >= 11 is 0. The number of amides is 1. The lowest BCUT2D eigenvalue weighted by Crippen LogP contribution is -2.32. The molecule has 130 valence electrons. The van der Waals surface area contributed by atoms with Crippen molar-refractivity contribution in [1.82, 2.24) is 19.6 Å². The van der Waals surface area contributed by atoms with Gasteiger partial charge in [-0.1, -0.05) is 19.9 Å². The Morgan fingerprint density at radius 2 is 2.29 bits per heavy atom. The van der Waals surface area contributed by atoms with Crippen LogP contribution < -0.4 is 5.32 Å². The highest BCUT2D eigenvalue weighted by atomic mass is 16.1. The van der Waals surface area contributed by atoms with E-state index in [2.05, 4.69) is 29.0 Å². The molecule has 24 heavy (non-hydrogen) atoms. The average molecular weight is 328 g/mol. The molecule has 0 aromatic carbocycles. The zero-order valence-electron chi connectivity index (χ0n) is 15.0. The lowest BCUT2D eigenvalue weighted by Gasteiger charge is -2.18. The lowest BCUT2D eigenvalue weighted by atomic mass is 10.1. The summed E-state index contributed by atoms with van der Waals surface area (Å²) in [6.45, 7) is 10.8. The van der Waals surface area contributed by atoms with E-state index in [1.807, 2.05) is 35.9 Å². The molecule has 1 saturated heterocycles. The molecule has 5 heteroatoms. The molecule has 1 unspecified atom stereocenters. The number of likely N-dealkylation sites (tertiary alicyclic amines) is 1. The predicted molar refractivity (Wildman–Crippen MR) is 96.0 cm³/mol. The molecule has 1 N–H and O–H groups in total. The molecule has 5 nitrogen and oxygen atoms in total. The summed E-state index contributed by atoms with van der Waals surface area (Å²) in [6.07, 6.45) is 5.34. The number of pyridine rings is 1. The highest BCUT2D eigenvalue weighted by Crippen LogP contribution is 2.17. The van der Waals surface area contributed by atoms with Gasteiger partial charge in [-0.2, -0.15) is 0 Å². The Kier molecular flexibility index (Phi) is 5.19. The van der Waals surface area contributed by atoms with Crippen molar-refractivity contribution in [2.24, 2.45) is 11.8 Å². The molecule has 0 radical (unpaired) electrons. The molecule has 2 aromatic rings. The Balaban J connectivity index is 1.50. The van der Waals surface area contributed by atoms with Crippen molar-refractivity contribution in [2.45, 2.75) is 33.6 Å². The molecule has 1 amide bonds. The molecule has 1 atom stereocenters. The number of hydrogen-bond donors (Lipinski definition) is 1. The summed E-state index contributed by atoms with van der Waals surface area (Å²) in [5.74, 6) is 1.37. The van der Waals surface area contributed by atoms with Crippen LogP contribution >= 0.6 is 0 Å². The Morgan fingerprint density at radius 1 is 1.46 bits per heavy atom. The van der Waals surface area contributed by atoms with E-state index in [1.54, 1.807) is 0 Å². The van der Waals surface area contributed by atoms with Crippen LogP contribution in [-0.4, -0.2) is 46.4 Å². The number of nitrogens with one attached hydrogen (secondary N) is 1. The minimum atomic E-state index is 0.0839. The molecular formula is C19H28N4O. The van der Waals surface area contributed by atoms with Crippen LogP contribution in [0.3, 0.4) is 0 Å². The third-order valence-electron chi connectivity index (χ3n) is 4.73. The molecule has 3 heterocycles. The van der Waals surface area contributed by atoms with E-state index in [0.29, 0.717) is 18.3 Å². The maximum Gasteiger partial charge on any atom is 0.226 e. The summed E-state index contributed by atoms with van der Waals surface area (Å²) < 4.78 is 2.01. The number of rotatable bonds is 6. The topological polar surface area (TPSA) is 49.6 Å². The van der Waals surface area contributed by atoms with Gasteiger partial charge in [-0.05, 0) is 43.4 Å². The fourth-order valence-corrected chi connectivity index (χ4v) is 3.58. The maximum atomic E-state index is 12.3. The quantitative estimate of drug-likeness (QED) is 0.885. The van der Waals surface area contributed by atoms with Crippen molar-refractivity contribution >= 4 is 11.6 Å². The Bertz CT molecular complexity index is 706. The van der Waals surface area contributed by atoms with E-state index in [0.717, 1.165) is 43.1 Å². The fourth-order valence-electron chi connectivity index (χ4n) is 3.58. The van der Waals surface area contributed by atoms with Gasteiger partial charge in [0, 0.05) is 32.0 Å². The molecule has 1 aliphatic rings. The molecule has 0 bridgehead atoms. The second-order valence-corrected chi connectivity index (χ2v) is 7.42. The molecule has 0 spiro atoms. The molecule has 0 saturated carbocycles. The maximum absolute atomic E-state index is 12.3. The first-order valence-corrected chi connectivity index (χ1v) is 8.93. The van der Waals surface area contributed by atoms with Crippen LogP contribution in [0, 0.1) is 18.8 Å². The van der Waals surface area contributed by atoms with E-state index in [4.69, 9.17) is 0 Å². The van der Waals surface area contributed by atoms with Gasteiger partial charge in [0.15, 0.2) is 0 Å². The van der Waals surface area contributed by atoms with Gasteiger partial charge in [0.1, 0.15) is 5.65 Å². The van der Waals surface area contributed by atoms with Gasteiger partial charge in [0.05, 0.1) is 12.1 Å². The van der Waals surface area contributed by atoms with Crippen LogP contribution in [0.15, 0.2) is 24.5 Å². The van der Waals surface area contributed by atoms with Gasteiger partial charge in [-0.25, -0.2) is 4.98 Å². The molecule has 1 fully saturated rings. The van der Waals surface area contributed by atoms with Crippen molar-refractivity contribution in [3.05, 3.63) is 35.8 Å². The van der Waals surface area contributed by atoms with Crippen LogP contribution in [0.2, 0.25) is 0 Å². The van der Waals surface area contributed by atoms with E-state index in [-0.39, 0.29) is 5.91 Å². The number of imidazole rings is 1. The van der Waals surface area contributed by atoms with E-state index in [1.165, 1.54) is 6.42 Å². The standard InChI is InChI=1S/C19H28N4O/c1-14(2)12-22-8-6-16(13-22)10-20-18(24)9-17-11-21-19-15(3)5-4-7-23(17)19/h4-5,7,11,14,16H,6,8-10,12-13H2,1-3H3,(H,20,24). The summed E-state index contributed by atoms with van der Waals surface area (Å²) in [5, 5.41) is 3.11. The molecule has 0 aliphatic carbocycles. The highest BCUT2D eigenvalue weighted by molar-refractivity contribution is 5.78. The van der Waals surface area contributed by atoms with Crippen LogP contribution in [0.1, 0.15) is 31.5 Å². The van der Waals surface area contributed by atoms with Crippen LogP contribution in [-0.2, 0) is 11.2 Å². The lowest BCUT2D eigenvalue weighted by molar-refractivity contribution is -0.120. The van der Waals surface area contributed by atoms with Crippen LogP contribution in [0.5, 0.6) is 0 Å². The third-order valence-corrected chi connectivity index (χ3v) is 4.73. The highest BCUT2D eigenvalue weighted by Gasteiger charge is 2.23. The summed E-state index contributed by atoms with van der Waals surface area (Å²) in [6, 6.07) is 4.03. The number of carbonyl (C=O) groups excluding carboxylic acids is 1. The summed E-state index contributed by atoms with van der Waals surface area (Å²) in [4.78, 5) is 19.2. The van der Waals surface area contributed by atoms with Crippen molar-refractivity contribution in [3.63, 3.8) is 0 Å². The number of hydrogen-bond acceptors (Lipinski definition) is 3. The SMILES string of the molecule is Cc1cccn2c(CC(=O)NCC3CCN(CC(C)C)C3)cnc12. The number of nitrogens with zero attached hydrogens (tertiary/aromatic N) is 3. The number of aromatic nitrogens is 2. The minimum Gasteiger partial charge on any atom is -0.355 e. The van der Waals surface area contributed by atoms with Crippen molar-refractivity contribution < 1.29 is 4.79 Å². The molecule has 3 rings (SSSR count). The molecular weight excluding hydrogens is 300 g/mol. The molecule has 1 aliphatic heterocycles. The number of fused-ring (bicyclic) bond motifs is 1. The third kappa shape index (κ3) is 3.96. The normalized spacial score (nSPS) is 18.6. The fraction of sp³-hybridized carbons (Fsp3) is 0.579. The first-order chi connectivity index (χ1) is 11.5. The van der Waals surface area contributed by atoms with E-state index in [9.17, 15) is 4.79 Å². The molecule has 2 aromatic heterocycles. The second kappa shape index (κ2) is 7.34.